The Kier molecular flexibility index (Phi) is 11.2. The number of aliphatic hydroxyl groups is 1. The summed E-state index contributed by atoms with van der Waals surface area (Å²) in [4.78, 5) is 13.0. The van der Waals surface area contributed by atoms with Gasteiger partial charge in [-0.1, -0.05) is 59.8 Å². The third-order valence-corrected chi connectivity index (χ3v) is 9.69. The van der Waals surface area contributed by atoms with Gasteiger partial charge in [-0.25, -0.2) is 8.42 Å². The van der Waals surface area contributed by atoms with Crippen LogP contribution in [0, 0.1) is 23.7 Å². The zero-order chi connectivity index (χ0) is 23.1. The average molecular weight is 465 g/mol. The maximum absolute atomic E-state index is 13.0. The van der Waals surface area contributed by atoms with Crippen LogP contribution in [0.2, 0.25) is 0 Å². The van der Waals surface area contributed by atoms with Gasteiger partial charge in [0.15, 0.2) is 0 Å². The first kappa shape index (κ1) is 27.8. The molecule has 0 spiro atoms. The van der Waals surface area contributed by atoms with Crippen LogP contribution < -0.4 is 0 Å². The Morgan fingerprint density at radius 1 is 1.10 bits per heavy atom. The number of esters is 1. The predicted octanol–water partition coefficient (Wildman–Crippen LogP) is 5.41. The lowest BCUT2D eigenvalue weighted by atomic mass is 9.78. The molecule has 178 valence electrons. The van der Waals surface area contributed by atoms with Gasteiger partial charge in [0, 0.05) is 5.25 Å². The highest BCUT2D eigenvalue weighted by Crippen LogP contribution is 2.34. The normalized spacial score (nSPS) is 19.7. The summed E-state index contributed by atoms with van der Waals surface area (Å²) < 4.78 is 30.7. The van der Waals surface area contributed by atoms with E-state index in [1.165, 1.54) is 19.3 Å². The number of carbonyl (C=O) groups excluding carboxylic acids is 1. The average Bonchev–Trinajstić information content (AvgIpc) is 2.56. The van der Waals surface area contributed by atoms with E-state index in [9.17, 15) is 18.3 Å². The molecule has 1 fully saturated rings. The summed E-state index contributed by atoms with van der Waals surface area (Å²) in [5.74, 6) is -0.626. The summed E-state index contributed by atoms with van der Waals surface area (Å²) in [5, 5.41) is 11.1. The standard InChI is InChI=1S/C23H44O5S2/c1-16(2)19(15-30(26,27)29-17(3)4)14-21(24)20(22(25)28-23(5,6)7)13-18-11-9-8-10-12-18/h16-21,24H,8-15H2,1-7H3. The summed E-state index contributed by atoms with van der Waals surface area (Å²) >= 11 is 0. The zero-order valence-electron chi connectivity index (χ0n) is 20.0. The second-order valence-corrected chi connectivity index (χ2v) is 15.2. The van der Waals surface area contributed by atoms with Gasteiger partial charge < -0.3 is 9.84 Å². The number of aliphatic hydroxyl groups excluding tert-OH is 1. The fraction of sp³-hybridized carbons (Fsp3) is 0.957. The molecule has 3 unspecified atom stereocenters. The Morgan fingerprint density at radius 3 is 2.13 bits per heavy atom. The van der Waals surface area contributed by atoms with Crippen molar-refractivity contribution in [1.29, 1.82) is 0 Å². The van der Waals surface area contributed by atoms with Crippen molar-refractivity contribution < 1.29 is 23.1 Å². The molecule has 0 aromatic rings. The van der Waals surface area contributed by atoms with E-state index in [2.05, 4.69) is 0 Å². The molecule has 1 saturated carbocycles. The number of rotatable bonds is 11. The largest absolute Gasteiger partial charge is 0.460 e. The van der Waals surface area contributed by atoms with Gasteiger partial charge in [0.25, 0.3) is 0 Å². The summed E-state index contributed by atoms with van der Waals surface area (Å²) in [7, 11) is -2.30. The van der Waals surface area contributed by atoms with E-state index in [1.54, 1.807) is 0 Å². The zero-order valence-corrected chi connectivity index (χ0v) is 21.7. The minimum Gasteiger partial charge on any atom is -0.460 e. The summed E-state index contributed by atoms with van der Waals surface area (Å²) in [6.45, 7) is 13.2. The van der Waals surface area contributed by atoms with Crippen molar-refractivity contribution in [2.24, 2.45) is 23.7 Å². The molecule has 5 nitrogen and oxygen atoms in total. The van der Waals surface area contributed by atoms with Gasteiger partial charge >= 0.3 is 5.97 Å². The van der Waals surface area contributed by atoms with Crippen molar-refractivity contribution >= 4 is 25.6 Å². The molecule has 0 saturated heterocycles. The van der Waals surface area contributed by atoms with Crippen molar-refractivity contribution in [3.8, 4) is 0 Å². The van der Waals surface area contributed by atoms with Gasteiger partial charge in [0.1, 0.15) is 5.60 Å². The number of hydrogen-bond acceptors (Lipinski definition) is 6. The molecule has 0 radical (unpaired) electrons. The van der Waals surface area contributed by atoms with Crippen LogP contribution >= 0.6 is 10.8 Å². The van der Waals surface area contributed by atoms with Crippen LogP contribution in [0.4, 0.5) is 0 Å². The molecule has 1 aliphatic carbocycles. The van der Waals surface area contributed by atoms with Crippen molar-refractivity contribution in [2.45, 2.75) is 110 Å². The Bertz CT molecular complexity index is 616. The lowest BCUT2D eigenvalue weighted by Gasteiger charge is -2.32. The fourth-order valence-corrected chi connectivity index (χ4v) is 8.40. The van der Waals surface area contributed by atoms with Crippen LogP contribution in [0.5, 0.6) is 0 Å². The highest BCUT2D eigenvalue weighted by molar-refractivity contribution is 8.72. The van der Waals surface area contributed by atoms with Crippen molar-refractivity contribution in [3.63, 3.8) is 0 Å². The quantitative estimate of drug-likeness (QED) is 0.325. The van der Waals surface area contributed by atoms with Crippen LogP contribution in [-0.4, -0.2) is 42.2 Å². The molecule has 0 heterocycles. The van der Waals surface area contributed by atoms with Gasteiger partial charge in [0.2, 0.25) is 8.87 Å². The minimum atomic E-state index is -3.28. The SMILES string of the molecule is CC(C)SS(=O)(=O)CC(CC(O)C(CC1CCCCC1)C(=O)OC(C)(C)C)C(C)C. The highest BCUT2D eigenvalue weighted by atomic mass is 33.1. The fourth-order valence-electron chi connectivity index (χ4n) is 4.17. The van der Waals surface area contributed by atoms with Crippen LogP contribution in [0.1, 0.15) is 93.4 Å². The van der Waals surface area contributed by atoms with Gasteiger partial charge in [-0.2, -0.15) is 0 Å². The molecule has 3 atom stereocenters. The molecular weight excluding hydrogens is 420 g/mol. The molecule has 0 aromatic heterocycles. The molecule has 30 heavy (non-hydrogen) atoms. The van der Waals surface area contributed by atoms with E-state index in [1.807, 2.05) is 48.5 Å². The van der Waals surface area contributed by atoms with Crippen LogP contribution in [0.25, 0.3) is 0 Å². The van der Waals surface area contributed by atoms with E-state index < -0.39 is 26.5 Å². The molecule has 0 aliphatic heterocycles. The molecular formula is C23H44O5S2. The topological polar surface area (TPSA) is 80.7 Å². The third-order valence-electron chi connectivity index (χ3n) is 5.73. The van der Waals surface area contributed by atoms with Gasteiger partial charge in [-0.05, 0) is 62.2 Å². The van der Waals surface area contributed by atoms with Crippen molar-refractivity contribution in [2.75, 3.05) is 5.75 Å². The second kappa shape index (κ2) is 12.1. The summed E-state index contributed by atoms with van der Waals surface area (Å²) in [5.41, 5.74) is -0.615. The maximum atomic E-state index is 13.0. The molecule has 0 aromatic carbocycles. The van der Waals surface area contributed by atoms with Crippen molar-refractivity contribution in [1.82, 2.24) is 0 Å². The molecule has 0 bridgehead atoms. The van der Waals surface area contributed by atoms with Crippen LogP contribution in [0.15, 0.2) is 0 Å². The molecule has 1 aliphatic rings. The Labute approximate surface area is 188 Å². The lowest BCUT2D eigenvalue weighted by Crippen LogP contribution is -2.38. The van der Waals surface area contributed by atoms with E-state index in [0.29, 0.717) is 18.8 Å². The van der Waals surface area contributed by atoms with Crippen molar-refractivity contribution in [3.05, 3.63) is 0 Å². The Morgan fingerprint density at radius 2 is 1.67 bits per heavy atom. The molecule has 1 rings (SSSR count). The van der Waals surface area contributed by atoms with Crippen LogP contribution in [-0.2, 0) is 18.4 Å². The lowest BCUT2D eigenvalue weighted by molar-refractivity contribution is -0.165. The smallest absolute Gasteiger partial charge is 0.312 e. The van der Waals surface area contributed by atoms with E-state index >= 15 is 0 Å². The molecule has 1 N–H and O–H groups in total. The predicted molar refractivity (Wildman–Crippen MR) is 126 cm³/mol. The highest BCUT2D eigenvalue weighted by Gasteiger charge is 2.36. The summed E-state index contributed by atoms with van der Waals surface area (Å²) in [6, 6.07) is 0. The first-order chi connectivity index (χ1) is 13.7. The van der Waals surface area contributed by atoms with Gasteiger partial charge in [-0.15, -0.1) is 0 Å². The van der Waals surface area contributed by atoms with E-state index in [4.69, 9.17) is 4.74 Å². The monoisotopic (exact) mass is 464 g/mol. The Balaban J connectivity index is 2.95. The van der Waals surface area contributed by atoms with Gasteiger partial charge in [0.05, 0.1) is 17.8 Å². The third kappa shape index (κ3) is 10.9. The van der Waals surface area contributed by atoms with E-state index in [0.717, 1.165) is 23.6 Å². The second-order valence-electron chi connectivity index (χ2n) is 10.6. The maximum Gasteiger partial charge on any atom is 0.312 e. The number of hydrogen-bond donors (Lipinski definition) is 1. The number of ether oxygens (including phenoxy) is 1. The van der Waals surface area contributed by atoms with E-state index in [-0.39, 0.29) is 28.8 Å². The first-order valence-corrected chi connectivity index (χ1v) is 14.6. The van der Waals surface area contributed by atoms with Crippen LogP contribution in [0.3, 0.4) is 0 Å². The summed E-state index contributed by atoms with van der Waals surface area (Å²) in [6.07, 6.45) is 5.76. The minimum absolute atomic E-state index is 0.00597. The molecule has 7 heteroatoms. The number of carbonyl (C=O) groups is 1. The Hall–Kier alpha value is -0.270. The molecule has 0 amide bonds. The first-order valence-electron chi connectivity index (χ1n) is 11.5. The van der Waals surface area contributed by atoms with Gasteiger partial charge in [-0.3, -0.25) is 4.79 Å².